The first kappa shape index (κ1) is 38.2. The van der Waals surface area contributed by atoms with Crippen LogP contribution in [-0.4, -0.2) is 18.0 Å². The van der Waals surface area contributed by atoms with Gasteiger partial charge in [-0.2, -0.15) is 0 Å². The van der Waals surface area contributed by atoms with Crippen LogP contribution in [0.1, 0.15) is 50.7 Å². The summed E-state index contributed by atoms with van der Waals surface area (Å²) in [5.74, 6) is 2.30. The molecule has 0 amide bonds. The Morgan fingerprint density at radius 2 is 1.08 bits per heavy atom. The standard InChI is InChI=1S/C55H51N3Si/c1-4-42-36-37-55(3,40-42)49-33-18-20-35-52(49)58(51-34-19-17-22-41(51)2)53-39-50(56-54(57-53)43-23-9-5-10-24-43)44-25-21-32-48(38-44)59(45-26-11-6-12-27-45,46-28-13-7-14-29-46)47-30-15-8-16-31-47/h5-35,38-39,42H,4,36-37,40H2,1-3H3/t42-,55?/m0/s1. The Morgan fingerprint density at radius 1 is 0.559 bits per heavy atom. The van der Waals surface area contributed by atoms with Crippen molar-refractivity contribution < 1.29 is 0 Å². The summed E-state index contributed by atoms with van der Waals surface area (Å²) in [5.41, 5.74) is 7.88. The highest BCUT2D eigenvalue weighted by molar-refractivity contribution is 7.19. The molecule has 0 saturated heterocycles. The van der Waals surface area contributed by atoms with Crippen molar-refractivity contribution in [1.29, 1.82) is 0 Å². The normalized spacial score (nSPS) is 16.5. The molecule has 9 rings (SSSR count). The highest BCUT2D eigenvalue weighted by Crippen LogP contribution is 2.50. The maximum absolute atomic E-state index is 5.48. The van der Waals surface area contributed by atoms with Gasteiger partial charge in [0.1, 0.15) is 5.82 Å². The first-order valence-corrected chi connectivity index (χ1v) is 23.2. The molecule has 8 aromatic rings. The minimum atomic E-state index is -2.78. The molecule has 0 bridgehead atoms. The molecule has 59 heavy (non-hydrogen) atoms. The summed E-state index contributed by atoms with van der Waals surface area (Å²) in [7, 11) is -2.78. The van der Waals surface area contributed by atoms with Crippen molar-refractivity contribution >= 4 is 46.0 Å². The molecule has 1 unspecified atom stereocenters. The lowest BCUT2D eigenvalue weighted by molar-refractivity contribution is 0.446. The van der Waals surface area contributed by atoms with E-state index < -0.39 is 8.07 Å². The van der Waals surface area contributed by atoms with Gasteiger partial charge in [-0.1, -0.05) is 202 Å². The second-order valence-electron chi connectivity index (χ2n) is 16.4. The molecular formula is C55H51N3Si. The summed E-state index contributed by atoms with van der Waals surface area (Å²) in [6, 6.07) is 73.0. The van der Waals surface area contributed by atoms with Gasteiger partial charge in [0.15, 0.2) is 13.9 Å². The van der Waals surface area contributed by atoms with Gasteiger partial charge in [0.25, 0.3) is 0 Å². The Hall–Kier alpha value is -6.36. The number of hydrogen-bond acceptors (Lipinski definition) is 3. The first-order chi connectivity index (χ1) is 29.0. The van der Waals surface area contributed by atoms with Crippen LogP contribution >= 0.6 is 0 Å². The zero-order valence-corrected chi connectivity index (χ0v) is 35.3. The maximum atomic E-state index is 5.48. The molecule has 1 aliphatic rings. The van der Waals surface area contributed by atoms with E-state index in [9.17, 15) is 0 Å². The Labute approximate surface area is 351 Å². The largest absolute Gasteiger partial charge is 0.294 e. The average Bonchev–Trinajstić information content (AvgIpc) is 3.71. The van der Waals surface area contributed by atoms with Gasteiger partial charge in [0.05, 0.1) is 17.1 Å². The molecular weight excluding hydrogens is 731 g/mol. The van der Waals surface area contributed by atoms with Crippen molar-refractivity contribution in [2.75, 3.05) is 4.90 Å². The number of anilines is 3. The third-order valence-corrected chi connectivity index (χ3v) is 17.5. The third kappa shape index (κ3) is 7.23. The lowest BCUT2D eigenvalue weighted by atomic mass is 9.78. The fourth-order valence-corrected chi connectivity index (χ4v) is 14.5. The predicted molar refractivity (Wildman–Crippen MR) is 251 cm³/mol. The minimum absolute atomic E-state index is 0.0604. The monoisotopic (exact) mass is 781 g/mol. The van der Waals surface area contributed by atoms with Crippen LogP contribution < -0.4 is 25.6 Å². The summed E-state index contributed by atoms with van der Waals surface area (Å²) in [6.45, 7) is 7.03. The number of benzene rings is 7. The minimum Gasteiger partial charge on any atom is -0.294 e. The van der Waals surface area contributed by atoms with Gasteiger partial charge in [-0.15, -0.1) is 0 Å². The molecule has 0 aliphatic heterocycles. The maximum Gasteiger partial charge on any atom is 0.179 e. The number of aryl methyl sites for hydroxylation is 1. The lowest BCUT2D eigenvalue weighted by Crippen LogP contribution is -2.74. The molecule has 3 nitrogen and oxygen atoms in total. The topological polar surface area (TPSA) is 29.0 Å². The number of hydrogen-bond donors (Lipinski definition) is 0. The van der Waals surface area contributed by atoms with Crippen LogP contribution in [-0.2, 0) is 5.41 Å². The number of aromatic nitrogens is 2. The lowest BCUT2D eigenvalue weighted by Gasteiger charge is -2.35. The van der Waals surface area contributed by atoms with Gasteiger partial charge >= 0.3 is 0 Å². The second-order valence-corrected chi connectivity index (χ2v) is 20.3. The van der Waals surface area contributed by atoms with Gasteiger partial charge in [-0.05, 0) is 81.5 Å². The number of rotatable bonds is 11. The van der Waals surface area contributed by atoms with Crippen molar-refractivity contribution in [1.82, 2.24) is 9.97 Å². The fraction of sp³-hybridized carbons (Fsp3) is 0.164. The number of para-hydroxylation sites is 2. The Bertz CT molecular complexity index is 2570. The van der Waals surface area contributed by atoms with Crippen molar-refractivity contribution in [3.8, 4) is 22.6 Å². The van der Waals surface area contributed by atoms with E-state index in [0.29, 0.717) is 5.82 Å². The molecule has 1 fully saturated rings. The molecule has 1 heterocycles. The Morgan fingerprint density at radius 3 is 1.68 bits per heavy atom. The van der Waals surface area contributed by atoms with E-state index >= 15 is 0 Å². The van der Waals surface area contributed by atoms with E-state index in [4.69, 9.17) is 9.97 Å². The zero-order valence-electron chi connectivity index (χ0n) is 34.3. The summed E-state index contributed by atoms with van der Waals surface area (Å²) in [6.07, 6.45) is 4.85. The SMILES string of the molecule is CC[C@H]1CCC(C)(c2ccccc2N(c2cc(-c3cccc([Si](c4ccccc4)(c4ccccc4)c4ccccc4)c3)nc(-c3ccccc3)n2)c2ccccc2C)C1. The summed E-state index contributed by atoms with van der Waals surface area (Å²) in [5, 5.41) is 5.34. The highest BCUT2D eigenvalue weighted by atomic mass is 28.3. The van der Waals surface area contributed by atoms with Gasteiger partial charge in [0, 0.05) is 17.2 Å². The van der Waals surface area contributed by atoms with Crippen LogP contribution in [0.25, 0.3) is 22.6 Å². The summed E-state index contributed by atoms with van der Waals surface area (Å²) >= 11 is 0. The van der Waals surface area contributed by atoms with Crippen LogP contribution in [0.2, 0.25) is 0 Å². The highest BCUT2D eigenvalue weighted by Gasteiger charge is 2.42. The van der Waals surface area contributed by atoms with Gasteiger partial charge < -0.3 is 0 Å². The van der Waals surface area contributed by atoms with Gasteiger partial charge in [-0.25, -0.2) is 9.97 Å². The summed E-state index contributed by atoms with van der Waals surface area (Å²) < 4.78 is 0. The smallest absolute Gasteiger partial charge is 0.179 e. The average molecular weight is 782 g/mol. The molecule has 0 radical (unpaired) electrons. The third-order valence-electron chi connectivity index (χ3n) is 12.8. The molecule has 1 aromatic heterocycles. The van der Waals surface area contributed by atoms with Crippen LogP contribution in [0.15, 0.2) is 200 Å². The van der Waals surface area contributed by atoms with E-state index in [1.54, 1.807) is 0 Å². The Balaban J connectivity index is 1.29. The molecule has 4 heteroatoms. The fourth-order valence-electron chi connectivity index (χ4n) is 9.72. The van der Waals surface area contributed by atoms with Crippen LogP contribution in [0.4, 0.5) is 17.2 Å². The van der Waals surface area contributed by atoms with Crippen LogP contribution in [0.5, 0.6) is 0 Å². The number of nitrogens with zero attached hydrogens (tertiary/aromatic N) is 3. The Kier molecular flexibility index (Phi) is 10.7. The van der Waals surface area contributed by atoms with E-state index in [1.807, 2.05) is 0 Å². The second kappa shape index (κ2) is 16.5. The van der Waals surface area contributed by atoms with Crippen molar-refractivity contribution in [2.45, 2.75) is 51.9 Å². The first-order valence-electron chi connectivity index (χ1n) is 21.2. The van der Waals surface area contributed by atoms with Gasteiger partial charge in [0.2, 0.25) is 0 Å². The van der Waals surface area contributed by atoms with Crippen molar-refractivity contribution in [3.05, 3.63) is 211 Å². The van der Waals surface area contributed by atoms with Crippen LogP contribution in [0, 0.1) is 12.8 Å². The molecule has 1 saturated carbocycles. The summed E-state index contributed by atoms with van der Waals surface area (Å²) in [4.78, 5) is 13.3. The zero-order chi connectivity index (χ0) is 40.2. The molecule has 0 spiro atoms. The molecule has 1 aliphatic carbocycles. The van der Waals surface area contributed by atoms with E-state index in [2.05, 4.69) is 226 Å². The predicted octanol–water partition coefficient (Wildman–Crippen LogP) is 11.4. The van der Waals surface area contributed by atoms with Crippen molar-refractivity contribution in [2.24, 2.45) is 5.92 Å². The van der Waals surface area contributed by atoms with Crippen LogP contribution in [0.3, 0.4) is 0 Å². The van der Waals surface area contributed by atoms with E-state index in [1.165, 1.54) is 63.2 Å². The molecule has 290 valence electrons. The van der Waals surface area contributed by atoms with Gasteiger partial charge in [-0.3, -0.25) is 4.90 Å². The molecule has 0 N–H and O–H groups in total. The molecule has 7 aromatic carbocycles. The quantitative estimate of drug-likeness (QED) is 0.0967. The van der Waals surface area contributed by atoms with E-state index in [-0.39, 0.29) is 5.41 Å². The molecule has 2 atom stereocenters. The van der Waals surface area contributed by atoms with Crippen molar-refractivity contribution in [3.63, 3.8) is 0 Å². The van der Waals surface area contributed by atoms with E-state index in [0.717, 1.165) is 34.2 Å².